The first-order chi connectivity index (χ1) is 13.2. The van der Waals surface area contributed by atoms with Crippen LogP contribution in [0.2, 0.25) is 0 Å². The summed E-state index contributed by atoms with van der Waals surface area (Å²) in [5.74, 6) is 0.825. The molecule has 0 aliphatic carbocycles. The number of carbonyl (C=O) groups excluding carboxylic acids is 1. The number of hydrogen-bond acceptors (Lipinski definition) is 5. The quantitative estimate of drug-likeness (QED) is 0.696. The lowest BCUT2D eigenvalue weighted by atomic mass is 10.1. The zero-order chi connectivity index (χ0) is 18.6. The molecule has 1 fully saturated rings. The molecule has 1 atom stereocenters. The predicted octanol–water partition coefficient (Wildman–Crippen LogP) is 2.42. The van der Waals surface area contributed by atoms with Crippen molar-refractivity contribution in [2.75, 3.05) is 19.7 Å². The summed E-state index contributed by atoms with van der Waals surface area (Å²) in [5.41, 5.74) is 2.47. The Morgan fingerprint density at radius 2 is 2.04 bits per heavy atom. The number of aryl methyl sites for hydroxylation is 1. The third-order valence-electron chi connectivity index (χ3n) is 4.70. The van der Waals surface area contributed by atoms with Gasteiger partial charge in [-0.3, -0.25) is 9.48 Å². The van der Waals surface area contributed by atoms with Crippen molar-refractivity contribution < 1.29 is 9.53 Å². The summed E-state index contributed by atoms with van der Waals surface area (Å²) in [6.07, 6.45) is 4.27. The maximum absolute atomic E-state index is 12.5. The Morgan fingerprint density at radius 3 is 2.74 bits per heavy atom. The van der Waals surface area contributed by atoms with E-state index in [1.54, 1.807) is 17.1 Å². The van der Waals surface area contributed by atoms with Crippen molar-refractivity contribution in [3.8, 4) is 17.1 Å². The molecule has 1 aromatic carbocycles. The van der Waals surface area contributed by atoms with Crippen LogP contribution in [0.25, 0.3) is 11.3 Å². The van der Waals surface area contributed by atoms with Gasteiger partial charge in [0.1, 0.15) is 0 Å². The lowest BCUT2D eigenvalue weighted by Gasteiger charge is -2.15. The van der Waals surface area contributed by atoms with E-state index in [0.717, 1.165) is 24.2 Å². The van der Waals surface area contributed by atoms with Gasteiger partial charge in [-0.25, -0.2) is 0 Å². The van der Waals surface area contributed by atoms with Crippen molar-refractivity contribution in [2.24, 2.45) is 13.0 Å². The van der Waals surface area contributed by atoms with Gasteiger partial charge >= 0.3 is 0 Å². The van der Waals surface area contributed by atoms with E-state index in [-0.39, 0.29) is 5.91 Å². The maximum Gasteiger partial charge on any atom is 0.257 e. The van der Waals surface area contributed by atoms with Gasteiger partial charge in [-0.2, -0.15) is 5.10 Å². The number of hydrogen-bond donors (Lipinski definition) is 0. The zero-order valence-electron chi connectivity index (χ0n) is 15.2. The highest BCUT2D eigenvalue weighted by molar-refractivity contribution is 5.93. The SMILES string of the molecule is Cn1cc(C(=O)N2CCC(COc3ccc(-c4ccccc4)nn3)C2)cn1. The molecule has 1 amide bonds. The summed E-state index contributed by atoms with van der Waals surface area (Å²) in [6, 6.07) is 13.7. The molecule has 3 heterocycles. The molecule has 1 aliphatic heterocycles. The second-order valence-corrected chi connectivity index (χ2v) is 6.74. The Labute approximate surface area is 157 Å². The van der Waals surface area contributed by atoms with Crippen molar-refractivity contribution in [2.45, 2.75) is 6.42 Å². The van der Waals surface area contributed by atoms with Crippen LogP contribution in [0.15, 0.2) is 54.9 Å². The number of rotatable bonds is 5. The van der Waals surface area contributed by atoms with E-state index in [9.17, 15) is 4.79 Å². The Hall–Kier alpha value is -3.22. The molecule has 0 spiro atoms. The molecule has 2 aromatic heterocycles. The smallest absolute Gasteiger partial charge is 0.257 e. The van der Waals surface area contributed by atoms with Gasteiger partial charge in [0.05, 0.1) is 24.1 Å². The fraction of sp³-hybridized carbons (Fsp3) is 0.300. The van der Waals surface area contributed by atoms with Crippen LogP contribution in [0.1, 0.15) is 16.8 Å². The molecular formula is C20H21N5O2. The van der Waals surface area contributed by atoms with Crippen LogP contribution < -0.4 is 4.74 Å². The van der Waals surface area contributed by atoms with Crippen LogP contribution in [0.4, 0.5) is 0 Å². The Kier molecular flexibility index (Phi) is 4.82. The minimum absolute atomic E-state index is 0.0256. The second kappa shape index (κ2) is 7.57. The molecule has 0 N–H and O–H groups in total. The highest BCUT2D eigenvalue weighted by Crippen LogP contribution is 2.21. The van der Waals surface area contributed by atoms with E-state index in [2.05, 4.69) is 15.3 Å². The van der Waals surface area contributed by atoms with Crippen molar-refractivity contribution in [3.05, 3.63) is 60.4 Å². The summed E-state index contributed by atoms with van der Waals surface area (Å²) in [5, 5.41) is 12.4. The lowest BCUT2D eigenvalue weighted by molar-refractivity contribution is 0.0782. The molecule has 3 aromatic rings. The number of ether oxygens (including phenoxy) is 1. The van der Waals surface area contributed by atoms with Crippen molar-refractivity contribution in [3.63, 3.8) is 0 Å². The molecule has 0 bridgehead atoms. The highest BCUT2D eigenvalue weighted by Gasteiger charge is 2.28. The van der Waals surface area contributed by atoms with Crippen LogP contribution in [-0.4, -0.2) is 50.5 Å². The van der Waals surface area contributed by atoms with Crippen LogP contribution >= 0.6 is 0 Å². The van der Waals surface area contributed by atoms with Gasteiger partial charge < -0.3 is 9.64 Å². The zero-order valence-corrected chi connectivity index (χ0v) is 15.2. The van der Waals surface area contributed by atoms with E-state index in [1.165, 1.54) is 0 Å². The van der Waals surface area contributed by atoms with Gasteiger partial charge in [0, 0.05) is 43.9 Å². The topological polar surface area (TPSA) is 73.1 Å². The largest absolute Gasteiger partial charge is 0.476 e. The second-order valence-electron chi connectivity index (χ2n) is 6.74. The van der Waals surface area contributed by atoms with Crippen molar-refractivity contribution >= 4 is 5.91 Å². The van der Waals surface area contributed by atoms with Crippen molar-refractivity contribution in [1.82, 2.24) is 24.9 Å². The van der Waals surface area contributed by atoms with Crippen LogP contribution in [-0.2, 0) is 7.05 Å². The molecule has 0 radical (unpaired) electrons. The Bertz CT molecular complexity index is 908. The highest BCUT2D eigenvalue weighted by atomic mass is 16.5. The number of likely N-dealkylation sites (tertiary alicyclic amines) is 1. The van der Waals surface area contributed by atoms with Gasteiger partial charge in [0.2, 0.25) is 5.88 Å². The van der Waals surface area contributed by atoms with Gasteiger partial charge in [0.25, 0.3) is 5.91 Å². The predicted molar refractivity (Wildman–Crippen MR) is 100 cm³/mol. The fourth-order valence-corrected chi connectivity index (χ4v) is 3.23. The molecule has 0 saturated carbocycles. The number of carbonyl (C=O) groups is 1. The molecule has 1 unspecified atom stereocenters. The number of nitrogens with zero attached hydrogens (tertiary/aromatic N) is 5. The molecule has 7 heteroatoms. The monoisotopic (exact) mass is 363 g/mol. The normalized spacial score (nSPS) is 16.5. The molecule has 4 rings (SSSR count). The van der Waals surface area contributed by atoms with Gasteiger partial charge in [-0.05, 0) is 12.5 Å². The van der Waals surface area contributed by atoms with E-state index >= 15 is 0 Å². The summed E-state index contributed by atoms with van der Waals surface area (Å²) in [7, 11) is 1.81. The Morgan fingerprint density at radius 1 is 1.19 bits per heavy atom. The van der Waals surface area contributed by atoms with Gasteiger partial charge in [-0.1, -0.05) is 30.3 Å². The molecule has 138 valence electrons. The fourth-order valence-electron chi connectivity index (χ4n) is 3.23. The van der Waals surface area contributed by atoms with Crippen LogP contribution in [0.3, 0.4) is 0 Å². The average molecular weight is 363 g/mol. The average Bonchev–Trinajstić information content (AvgIpc) is 3.36. The van der Waals surface area contributed by atoms with Crippen LogP contribution in [0.5, 0.6) is 5.88 Å². The minimum atomic E-state index is 0.0256. The first-order valence-electron chi connectivity index (χ1n) is 8.99. The van der Waals surface area contributed by atoms with E-state index < -0.39 is 0 Å². The molecule has 1 aliphatic rings. The van der Waals surface area contributed by atoms with Crippen molar-refractivity contribution in [1.29, 1.82) is 0 Å². The first kappa shape index (κ1) is 17.2. The van der Waals surface area contributed by atoms with E-state index in [0.29, 0.717) is 30.5 Å². The lowest BCUT2D eigenvalue weighted by Crippen LogP contribution is -2.29. The first-order valence-corrected chi connectivity index (χ1v) is 8.99. The number of benzene rings is 1. The van der Waals surface area contributed by atoms with E-state index in [1.807, 2.05) is 54.4 Å². The Balaban J connectivity index is 1.30. The summed E-state index contributed by atoms with van der Waals surface area (Å²) in [4.78, 5) is 14.3. The third kappa shape index (κ3) is 3.97. The van der Waals surface area contributed by atoms with Gasteiger partial charge in [-0.15, -0.1) is 10.2 Å². The molecular weight excluding hydrogens is 342 g/mol. The summed E-state index contributed by atoms with van der Waals surface area (Å²) in [6.45, 7) is 1.94. The maximum atomic E-state index is 12.5. The molecule has 27 heavy (non-hydrogen) atoms. The van der Waals surface area contributed by atoms with E-state index in [4.69, 9.17) is 4.74 Å². The van der Waals surface area contributed by atoms with Gasteiger partial charge in [0.15, 0.2) is 0 Å². The molecule has 1 saturated heterocycles. The third-order valence-corrected chi connectivity index (χ3v) is 4.70. The molecule has 7 nitrogen and oxygen atoms in total. The number of aromatic nitrogens is 4. The standard InChI is InChI=1S/C20H21N5O2/c1-24-13-17(11-21-24)20(26)25-10-9-15(12-25)14-27-19-8-7-18(22-23-19)16-5-3-2-4-6-16/h2-8,11,13,15H,9-10,12,14H2,1H3. The number of amides is 1. The summed E-state index contributed by atoms with van der Waals surface area (Å²) >= 11 is 0. The summed E-state index contributed by atoms with van der Waals surface area (Å²) < 4.78 is 7.43. The minimum Gasteiger partial charge on any atom is -0.476 e. The van der Waals surface area contributed by atoms with Crippen LogP contribution in [0, 0.1) is 5.92 Å².